The summed E-state index contributed by atoms with van der Waals surface area (Å²) in [4.78, 5) is 1.46. The Labute approximate surface area is 119 Å². The van der Waals surface area contributed by atoms with E-state index < -0.39 is 0 Å². The van der Waals surface area contributed by atoms with E-state index in [0.29, 0.717) is 10.2 Å². The van der Waals surface area contributed by atoms with E-state index in [-0.39, 0.29) is 0 Å². The highest BCUT2D eigenvalue weighted by Gasteiger charge is 2.18. The van der Waals surface area contributed by atoms with Crippen LogP contribution in [0.1, 0.15) is 22.4 Å². The third-order valence-corrected chi connectivity index (χ3v) is 4.46. The van der Waals surface area contributed by atoms with Gasteiger partial charge in [-0.05, 0) is 31.9 Å². The molecule has 1 aliphatic rings. The van der Waals surface area contributed by atoms with Gasteiger partial charge >= 0.3 is 0 Å². The predicted molar refractivity (Wildman–Crippen MR) is 75.7 cm³/mol. The van der Waals surface area contributed by atoms with Crippen molar-refractivity contribution in [3.8, 4) is 6.07 Å². The van der Waals surface area contributed by atoms with Crippen LogP contribution in [0.25, 0.3) is 0 Å². The lowest BCUT2D eigenvalue weighted by Gasteiger charge is -2.26. The Morgan fingerprint density at radius 2 is 1.89 bits per heavy atom. The summed E-state index contributed by atoms with van der Waals surface area (Å²) in [5.74, 6) is 0. The van der Waals surface area contributed by atoms with Gasteiger partial charge in [0.25, 0.3) is 0 Å². The molecule has 5 heteroatoms. The average molecular weight is 278 g/mol. The number of nitrogens with one attached hydrogen (secondary N) is 1. The molecule has 1 N–H and O–H groups in total. The van der Waals surface area contributed by atoms with Gasteiger partial charge in [-0.1, -0.05) is 12.2 Å². The van der Waals surface area contributed by atoms with Crippen LogP contribution in [0.5, 0.6) is 0 Å². The Hall–Kier alpha value is -1.22. The maximum atomic E-state index is 9.29. The molecule has 1 aliphatic heterocycles. The van der Waals surface area contributed by atoms with E-state index in [0.717, 1.165) is 44.1 Å². The van der Waals surface area contributed by atoms with E-state index in [1.54, 1.807) is 0 Å². The minimum absolute atomic E-state index is 0.644. The number of quaternary nitrogens is 1. The maximum Gasteiger partial charge on any atom is 0.157 e. The number of nitrogens with zero attached hydrogens (tertiary/aromatic N) is 2. The van der Waals surface area contributed by atoms with Crippen molar-refractivity contribution in [2.24, 2.45) is 0 Å². The fraction of sp³-hybridized carbons (Fsp3) is 0.571. The molecule has 0 aromatic carbocycles. The summed E-state index contributed by atoms with van der Waals surface area (Å²) >= 11 is 5.49. The van der Waals surface area contributed by atoms with Crippen molar-refractivity contribution in [2.75, 3.05) is 26.3 Å². The van der Waals surface area contributed by atoms with Gasteiger partial charge in [-0.15, -0.1) is 0 Å². The van der Waals surface area contributed by atoms with Gasteiger partial charge in [0.05, 0.1) is 18.8 Å². The Morgan fingerprint density at radius 1 is 1.26 bits per heavy atom. The fourth-order valence-corrected chi connectivity index (χ4v) is 2.87. The second kappa shape index (κ2) is 5.83. The lowest BCUT2D eigenvalue weighted by Crippen LogP contribution is -3.13. The first-order valence-corrected chi connectivity index (χ1v) is 6.99. The lowest BCUT2D eigenvalue weighted by atomic mass is 10.0. The van der Waals surface area contributed by atoms with Crippen LogP contribution < -0.4 is 4.90 Å². The number of aromatic nitrogens is 1. The first-order valence-electron chi connectivity index (χ1n) is 6.58. The summed E-state index contributed by atoms with van der Waals surface area (Å²) in [6, 6.07) is 2.25. The molecule has 2 heterocycles. The SMILES string of the molecule is Cc1c(C)c(C)n(C[NH+]2CCOCC2)c(=S)c1C#N. The van der Waals surface area contributed by atoms with Gasteiger partial charge in [0.2, 0.25) is 0 Å². The highest BCUT2D eigenvalue weighted by Crippen LogP contribution is 2.18. The number of morpholine rings is 1. The average Bonchev–Trinajstić information content (AvgIpc) is 2.43. The van der Waals surface area contributed by atoms with Gasteiger partial charge < -0.3 is 9.64 Å². The zero-order chi connectivity index (χ0) is 14.0. The molecule has 0 spiro atoms. The Bertz CT molecular complexity index is 580. The molecule has 4 nitrogen and oxygen atoms in total. The zero-order valence-electron chi connectivity index (χ0n) is 11.7. The highest BCUT2D eigenvalue weighted by molar-refractivity contribution is 7.71. The Kier molecular flexibility index (Phi) is 4.35. The van der Waals surface area contributed by atoms with Gasteiger partial charge in [0, 0.05) is 5.69 Å². The number of nitriles is 1. The minimum Gasteiger partial charge on any atom is -0.370 e. The molecule has 19 heavy (non-hydrogen) atoms. The number of hydrogen-bond donors (Lipinski definition) is 1. The van der Waals surface area contributed by atoms with Crippen molar-refractivity contribution >= 4 is 12.2 Å². The van der Waals surface area contributed by atoms with E-state index >= 15 is 0 Å². The normalized spacial score (nSPS) is 16.3. The molecule has 1 fully saturated rings. The lowest BCUT2D eigenvalue weighted by molar-refractivity contribution is -0.930. The molecular formula is C14H20N3OS+. The second-order valence-corrected chi connectivity index (χ2v) is 5.46. The van der Waals surface area contributed by atoms with E-state index in [4.69, 9.17) is 17.0 Å². The smallest absolute Gasteiger partial charge is 0.157 e. The maximum absolute atomic E-state index is 9.29. The molecule has 1 aromatic heterocycles. The molecular weight excluding hydrogens is 258 g/mol. The number of pyridine rings is 1. The van der Waals surface area contributed by atoms with Gasteiger partial charge in [-0.2, -0.15) is 5.26 Å². The van der Waals surface area contributed by atoms with Crippen molar-refractivity contribution in [3.05, 3.63) is 27.0 Å². The van der Waals surface area contributed by atoms with Crippen LogP contribution in [0.15, 0.2) is 0 Å². The molecule has 0 radical (unpaired) electrons. The summed E-state index contributed by atoms with van der Waals surface area (Å²) in [5.41, 5.74) is 3.99. The molecule has 0 atom stereocenters. The van der Waals surface area contributed by atoms with Crippen LogP contribution in [0.2, 0.25) is 0 Å². The Balaban J connectivity index is 2.42. The Morgan fingerprint density at radius 3 is 2.47 bits per heavy atom. The van der Waals surface area contributed by atoms with Gasteiger partial charge in [-0.3, -0.25) is 4.57 Å². The van der Waals surface area contributed by atoms with Crippen LogP contribution in [-0.4, -0.2) is 30.9 Å². The molecule has 0 aliphatic carbocycles. The quantitative estimate of drug-likeness (QED) is 0.817. The van der Waals surface area contributed by atoms with E-state index in [1.807, 2.05) is 6.92 Å². The van der Waals surface area contributed by atoms with Gasteiger partial charge in [0.15, 0.2) is 6.67 Å². The first-order chi connectivity index (χ1) is 9.06. The monoisotopic (exact) mass is 278 g/mol. The van der Waals surface area contributed by atoms with Crippen LogP contribution >= 0.6 is 12.2 Å². The highest BCUT2D eigenvalue weighted by atomic mass is 32.1. The van der Waals surface area contributed by atoms with E-state index in [2.05, 4.69) is 24.5 Å². The molecule has 1 aromatic rings. The van der Waals surface area contributed by atoms with Crippen molar-refractivity contribution in [1.29, 1.82) is 5.26 Å². The third-order valence-electron chi connectivity index (χ3n) is 4.04. The van der Waals surface area contributed by atoms with Crippen molar-refractivity contribution in [3.63, 3.8) is 0 Å². The molecule has 1 saturated heterocycles. The number of ether oxygens (including phenoxy) is 1. The largest absolute Gasteiger partial charge is 0.370 e. The molecule has 0 saturated carbocycles. The van der Waals surface area contributed by atoms with Crippen molar-refractivity contribution in [1.82, 2.24) is 4.57 Å². The molecule has 0 bridgehead atoms. The van der Waals surface area contributed by atoms with Crippen LogP contribution in [0, 0.1) is 36.7 Å². The van der Waals surface area contributed by atoms with E-state index in [9.17, 15) is 5.26 Å². The predicted octanol–water partition coefficient (Wildman–Crippen LogP) is 0.887. The summed E-state index contributed by atoms with van der Waals surface area (Å²) in [6.07, 6.45) is 0. The summed E-state index contributed by atoms with van der Waals surface area (Å²) in [7, 11) is 0. The topological polar surface area (TPSA) is 42.4 Å². The summed E-state index contributed by atoms with van der Waals surface area (Å²) < 4.78 is 8.15. The van der Waals surface area contributed by atoms with Crippen LogP contribution in [0.4, 0.5) is 0 Å². The molecule has 2 rings (SSSR count). The third kappa shape index (κ3) is 2.71. The first kappa shape index (κ1) is 14.2. The molecule has 102 valence electrons. The number of rotatable bonds is 2. The van der Waals surface area contributed by atoms with Crippen LogP contribution in [0.3, 0.4) is 0 Å². The second-order valence-electron chi connectivity index (χ2n) is 5.08. The summed E-state index contributed by atoms with van der Waals surface area (Å²) in [5, 5.41) is 9.29. The summed E-state index contributed by atoms with van der Waals surface area (Å²) in [6.45, 7) is 10.5. The minimum atomic E-state index is 0.644. The zero-order valence-corrected chi connectivity index (χ0v) is 12.6. The van der Waals surface area contributed by atoms with Crippen molar-refractivity contribution in [2.45, 2.75) is 27.4 Å². The standard InChI is InChI=1S/C14H19N3OS/c1-10-11(2)13(8-15)14(19)17(12(10)3)9-16-4-6-18-7-5-16/h4-7,9H2,1-3H3/p+1. The van der Waals surface area contributed by atoms with Gasteiger partial charge in [-0.25, -0.2) is 0 Å². The number of hydrogen-bond acceptors (Lipinski definition) is 3. The molecule has 0 amide bonds. The van der Waals surface area contributed by atoms with Gasteiger partial charge in [0.1, 0.15) is 23.8 Å². The van der Waals surface area contributed by atoms with Crippen molar-refractivity contribution < 1.29 is 9.64 Å². The fourth-order valence-electron chi connectivity index (χ4n) is 2.47. The van der Waals surface area contributed by atoms with Crippen LogP contribution in [-0.2, 0) is 11.4 Å². The molecule has 0 unspecified atom stereocenters. The van der Waals surface area contributed by atoms with E-state index in [1.165, 1.54) is 10.6 Å².